The lowest BCUT2D eigenvalue weighted by molar-refractivity contribution is 0.0695. The van der Waals surface area contributed by atoms with E-state index in [2.05, 4.69) is 15.9 Å². The van der Waals surface area contributed by atoms with Crippen molar-refractivity contribution in [2.75, 3.05) is 12.4 Å². The molecule has 0 unspecified atom stereocenters. The van der Waals surface area contributed by atoms with Crippen LogP contribution in [0.5, 0.6) is 0 Å². The molecule has 1 rings (SSSR count). The van der Waals surface area contributed by atoms with E-state index in [9.17, 15) is 17.6 Å². The normalized spacial score (nSPS) is 11.4. The Balaban J connectivity index is 3.16. The van der Waals surface area contributed by atoms with E-state index in [1.54, 1.807) is 0 Å². The van der Waals surface area contributed by atoms with Gasteiger partial charge in [-0.2, -0.15) is 0 Å². The van der Waals surface area contributed by atoms with E-state index in [0.29, 0.717) is 4.47 Å². The molecule has 0 aliphatic rings. The molecule has 1 aromatic rings. The highest BCUT2D eigenvalue weighted by Crippen LogP contribution is 2.22. The maximum atomic E-state index is 11.9. The van der Waals surface area contributed by atoms with Gasteiger partial charge in [0.1, 0.15) is 0 Å². The van der Waals surface area contributed by atoms with Crippen molar-refractivity contribution in [2.45, 2.75) is 11.3 Å². The third-order valence-corrected chi connectivity index (χ3v) is 4.56. The lowest BCUT2D eigenvalue weighted by atomic mass is 10.2. The number of aromatic carboxylic acids is 1. The van der Waals surface area contributed by atoms with Gasteiger partial charge in [-0.1, -0.05) is 0 Å². The van der Waals surface area contributed by atoms with Crippen molar-refractivity contribution in [1.29, 1.82) is 0 Å². The van der Waals surface area contributed by atoms with Crippen molar-refractivity contribution in [1.82, 2.24) is 0 Å². The van der Waals surface area contributed by atoms with Crippen LogP contribution in [0.4, 0.5) is 4.39 Å². The van der Waals surface area contributed by atoms with Crippen molar-refractivity contribution in [3.8, 4) is 0 Å². The van der Waals surface area contributed by atoms with E-state index in [0.717, 1.165) is 6.07 Å². The van der Waals surface area contributed by atoms with Crippen molar-refractivity contribution in [3.05, 3.63) is 28.2 Å². The Morgan fingerprint density at radius 2 is 2.06 bits per heavy atom. The van der Waals surface area contributed by atoms with Crippen LogP contribution in [-0.2, 0) is 9.84 Å². The molecule has 0 spiro atoms. The van der Waals surface area contributed by atoms with Gasteiger partial charge in [-0.15, -0.1) is 0 Å². The molecule has 0 bridgehead atoms. The number of halogens is 2. The van der Waals surface area contributed by atoms with Crippen LogP contribution in [-0.4, -0.2) is 31.9 Å². The molecule has 0 fully saturated rings. The first kappa shape index (κ1) is 14.1. The molecule has 0 radical (unpaired) electrons. The zero-order valence-corrected chi connectivity index (χ0v) is 11.1. The molecule has 0 aliphatic carbocycles. The number of rotatable bonds is 5. The minimum absolute atomic E-state index is 0.0964. The van der Waals surface area contributed by atoms with E-state index in [4.69, 9.17) is 5.11 Å². The summed E-state index contributed by atoms with van der Waals surface area (Å²) < 4.78 is 35.6. The summed E-state index contributed by atoms with van der Waals surface area (Å²) in [6.45, 7) is -0.721. The Hall–Kier alpha value is -0.950. The number of sulfone groups is 1. The fraction of sp³-hybridized carbons (Fsp3) is 0.300. The average molecular weight is 325 g/mol. The van der Waals surface area contributed by atoms with Crippen molar-refractivity contribution >= 4 is 31.7 Å². The van der Waals surface area contributed by atoms with Gasteiger partial charge in [0, 0.05) is 4.47 Å². The van der Waals surface area contributed by atoms with Crippen LogP contribution in [0.1, 0.15) is 16.8 Å². The monoisotopic (exact) mass is 324 g/mol. The van der Waals surface area contributed by atoms with Gasteiger partial charge in [-0.05, 0) is 40.5 Å². The summed E-state index contributed by atoms with van der Waals surface area (Å²) in [6.07, 6.45) is -0.0964. The first-order valence-corrected chi connectivity index (χ1v) is 7.14. The van der Waals surface area contributed by atoms with Gasteiger partial charge < -0.3 is 5.11 Å². The molecule has 0 heterocycles. The molecule has 4 nitrogen and oxygen atoms in total. The number of alkyl halides is 1. The van der Waals surface area contributed by atoms with Crippen LogP contribution in [0.15, 0.2) is 27.6 Å². The molecule has 0 saturated carbocycles. The van der Waals surface area contributed by atoms with Gasteiger partial charge in [0.2, 0.25) is 0 Å². The minimum atomic E-state index is -3.62. The Kier molecular flexibility index (Phi) is 4.64. The molecule has 0 atom stereocenters. The molecular weight excluding hydrogens is 315 g/mol. The first-order chi connectivity index (χ1) is 7.88. The number of hydrogen-bond donors (Lipinski definition) is 1. The maximum absolute atomic E-state index is 11.9. The largest absolute Gasteiger partial charge is 0.478 e. The summed E-state index contributed by atoms with van der Waals surface area (Å²) in [7, 11) is -3.62. The SMILES string of the molecule is O=C(O)c1cc(S(=O)(=O)CCCF)ccc1Br. The molecule has 7 heteroatoms. The molecule has 0 saturated heterocycles. The summed E-state index contributed by atoms with van der Waals surface area (Å²) in [6, 6.07) is 3.72. The second kappa shape index (κ2) is 5.59. The second-order valence-electron chi connectivity index (χ2n) is 3.31. The fourth-order valence-corrected chi connectivity index (χ4v) is 2.94. The Morgan fingerprint density at radius 1 is 1.41 bits per heavy atom. The van der Waals surface area contributed by atoms with Crippen LogP contribution in [0.3, 0.4) is 0 Å². The molecular formula is C10H10BrFO4S. The van der Waals surface area contributed by atoms with Crippen molar-refractivity contribution in [2.24, 2.45) is 0 Å². The van der Waals surface area contributed by atoms with Gasteiger partial charge in [0.05, 0.1) is 22.9 Å². The number of hydrogen-bond acceptors (Lipinski definition) is 3. The van der Waals surface area contributed by atoms with Crippen LogP contribution in [0, 0.1) is 0 Å². The molecule has 1 N–H and O–H groups in total. The summed E-state index contributed by atoms with van der Waals surface area (Å²) in [5, 5.41) is 8.85. The second-order valence-corrected chi connectivity index (χ2v) is 6.27. The summed E-state index contributed by atoms with van der Waals surface area (Å²) >= 11 is 3.01. The first-order valence-electron chi connectivity index (χ1n) is 4.70. The highest BCUT2D eigenvalue weighted by Gasteiger charge is 2.17. The lowest BCUT2D eigenvalue weighted by Crippen LogP contribution is -2.09. The number of carboxylic acids is 1. The smallest absolute Gasteiger partial charge is 0.336 e. The topological polar surface area (TPSA) is 71.4 Å². The summed E-state index contributed by atoms with van der Waals surface area (Å²) in [4.78, 5) is 10.7. The molecule has 1 aromatic carbocycles. The fourth-order valence-electron chi connectivity index (χ4n) is 1.22. The predicted molar refractivity (Wildman–Crippen MR) is 63.7 cm³/mol. The summed E-state index contributed by atoms with van der Waals surface area (Å²) in [5.41, 5.74) is -0.133. The van der Waals surface area contributed by atoms with Gasteiger partial charge >= 0.3 is 5.97 Å². The maximum Gasteiger partial charge on any atom is 0.336 e. The quantitative estimate of drug-likeness (QED) is 0.901. The molecule has 0 amide bonds. The van der Waals surface area contributed by atoms with Crippen molar-refractivity contribution in [3.63, 3.8) is 0 Å². The minimum Gasteiger partial charge on any atom is -0.478 e. The van der Waals surface area contributed by atoms with Crippen LogP contribution in [0.2, 0.25) is 0 Å². The zero-order chi connectivity index (χ0) is 13.1. The van der Waals surface area contributed by atoms with Crippen LogP contribution in [0.25, 0.3) is 0 Å². The van der Waals surface area contributed by atoms with Crippen molar-refractivity contribution < 1.29 is 22.7 Å². The van der Waals surface area contributed by atoms with E-state index >= 15 is 0 Å². The van der Waals surface area contributed by atoms with Crippen LogP contribution >= 0.6 is 15.9 Å². The molecule has 0 aliphatic heterocycles. The van der Waals surface area contributed by atoms with Gasteiger partial charge in [0.25, 0.3) is 0 Å². The number of carbonyl (C=O) groups is 1. The summed E-state index contributed by atoms with van der Waals surface area (Å²) in [5.74, 6) is -1.55. The molecule has 94 valence electrons. The number of benzene rings is 1. The Bertz CT molecular complexity index is 527. The van der Waals surface area contributed by atoms with E-state index in [-0.39, 0.29) is 22.6 Å². The average Bonchev–Trinajstić information content (AvgIpc) is 2.26. The lowest BCUT2D eigenvalue weighted by Gasteiger charge is -2.05. The molecule has 0 aromatic heterocycles. The third-order valence-electron chi connectivity index (χ3n) is 2.07. The van der Waals surface area contributed by atoms with Gasteiger partial charge in [-0.3, -0.25) is 4.39 Å². The standard InChI is InChI=1S/C10H10BrFO4S/c11-9-3-2-7(6-8(9)10(13)14)17(15,16)5-1-4-12/h2-3,6H,1,4-5H2,(H,13,14). The zero-order valence-electron chi connectivity index (χ0n) is 8.69. The number of carboxylic acid groups (broad SMARTS) is 1. The Morgan fingerprint density at radius 3 is 2.59 bits per heavy atom. The Labute approximate surface area is 107 Å². The van der Waals surface area contributed by atoms with E-state index in [1.165, 1.54) is 12.1 Å². The third kappa shape index (κ3) is 3.50. The van der Waals surface area contributed by atoms with E-state index in [1.807, 2.05) is 0 Å². The molecule has 17 heavy (non-hydrogen) atoms. The highest BCUT2D eigenvalue weighted by atomic mass is 79.9. The highest BCUT2D eigenvalue weighted by molar-refractivity contribution is 9.10. The van der Waals surface area contributed by atoms with E-state index < -0.39 is 22.5 Å². The van der Waals surface area contributed by atoms with Gasteiger partial charge in [0.15, 0.2) is 9.84 Å². The van der Waals surface area contributed by atoms with Crippen LogP contribution < -0.4 is 0 Å². The van der Waals surface area contributed by atoms with Gasteiger partial charge in [-0.25, -0.2) is 13.2 Å². The predicted octanol–water partition coefficient (Wildman–Crippen LogP) is 2.28.